The highest BCUT2D eigenvalue weighted by molar-refractivity contribution is 9.10. The topological polar surface area (TPSA) is 78.4 Å². The Bertz CT molecular complexity index is 1200. The number of halogens is 2. The first-order chi connectivity index (χ1) is 16.9. The first-order valence-corrected chi connectivity index (χ1v) is 12.1. The van der Waals surface area contributed by atoms with Crippen molar-refractivity contribution in [2.45, 2.75) is 20.5 Å². The molecule has 3 aromatic rings. The van der Waals surface area contributed by atoms with Crippen LogP contribution in [0.5, 0.6) is 23.0 Å². The van der Waals surface area contributed by atoms with Gasteiger partial charge < -0.3 is 18.9 Å². The summed E-state index contributed by atoms with van der Waals surface area (Å²) in [5.41, 5.74) is 4.56. The van der Waals surface area contributed by atoms with Crippen LogP contribution in [-0.4, -0.2) is 32.4 Å². The summed E-state index contributed by atoms with van der Waals surface area (Å²) in [4.78, 5) is 12.5. The Balaban J connectivity index is 1.71. The maximum atomic E-state index is 12.5. The van der Waals surface area contributed by atoms with E-state index < -0.39 is 0 Å². The van der Waals surface area contributed by atoms with Crippen LogP contribution in [-0.2, 0) is 6.61 Å². The van der Waals surface area contributed by atoms with E-state index in [0.717, 1.165) is 5.56 Å². The molecule has 0 aliphatic heterocycles. The number of carbonyl (C=O) groups is 1. The van der Waals surface area contributed by atoms with E-state index in [9.17, 15) is 4.79 Å². The van der Waals surface area contributed by atoms with Crippen molar-refractivity contribution in [2.75, 3.05) is 20.3 Å². The van der Waals surface area contributed by atoms with Gasteiger partial charge >= 0.3 is 0 Å². The lowest BCUT2D eigenvalue weighted by atomic mass is 10.2. The number of hydrogen-bond acceptors (Lipinski definition) is 6. The van der Waals surface area contributed by atoms with Crippen molar-refractivity contribution in [2.24, 2.45) is 5.10 Å². The molecule has 0 fully saturated rings. The van der Waals surface area contributed by atoms with Gasteiger partial charge in [-0.2, -0.15) is 5.10 Å². The fourth-order valence-electron chi connectivity index (χ4n) is 3.16. The molecule has 0 spiro atoms. The van der Waals surface area contributed by atoms with Crippen molar-refractivity contribution in [1.29, 1.82) is 0 Å². The molecule has 35 heavy (non-hydrogen) atoms. The van der Waals surface area contributed by atoms with Gasteiger partial charge in [-0.05, 0) is 83.4 Å². The predicted octanol–water partition coefficient (Wildman–Crippen LogP) is 6.25. The number of amides is 1. The van der Waals surface area contributed by atoms with Crippen molar-refractivity contribution in [3.05, 3.63) is 80.8 Å². The first kappa shape index (κ1) is 26.4. The molecule has 0 saturated carbocycles. The predicted molar refractivity (Wildman–Crippen MR) is 140 cm³/mol. The molecule has 0 bridgehead atoms. The van der Waals surface area contributed by atoms with Crippen LogP contribution in [0.4, 0.5) is 0 Å². The van der Waals surface area contributed by atoms with Gasteiger partial charge in [0.2, 0.25) is 0 Å². The number of hydrogen-bond donors (Lipinski definition) is 1. The maximum absolute atomic E-state index is 12.5. The first-order valence-electron chi connectivity index (χ1n) is 10.9. The Morgan fingerprint density at radius 1 is 1.00 bits per heavy atom. The van der Waals surface area contributed by atoms with Crippen molar-refractivity contribution >= 4 is 39.7 Å². The second kappa shape index (κ2) is 13.0. The summed E-state index contributed by atoms with van der Waals surface area (Å²) in [7, 11) is 1.52. The Morgan fingerprint density at radius 3 is 2.49 bits per heavy atom. The van der Waals surface area contributed by atoms with Crippen LogP contribution >= 0.6 is 27.5 Å². The molecule has 184 valence electrons. The molecule has 0 unspecified atom stereocenters. The second-order valence-corrected chi connectivity index (χ2v) is 8.47. The average molecular weight is 562 g/mol. The minimum Gasteiger partial charge on any atom is -0.493 e. The smallest absolute Gasteiger partial charge is 0.271 e. The molecular formula is C26H26BrClN2O5. The molecule has 0 heterocycles. The zero-order valence-electron chi connectivity index (χ0n) is 19.6. The average Bonchev–Trinajstić information content (AvgIpc) is 2.84. The highest BCUT2D eigenvalue weighted by Gasteiger charge is 2.13. The van der Waals surface area contributed by atoms with Gasteiger partial charge in [-0.3, -0.25) is 4.79 Å². The van der Waals surface area contributed by atoms with Crippen LogP contribution in [0, 0.1) is 0 Å². The third kappa shape index (κ3) is 7.37. The minimum atomic E-state index is -0.381. The Hall–Kier alpha value is -3.23. The summed E-state index contributed by atoms with van der Waals surface area (Å²) in [6, 6.07) is 16.0. The highest BCUT2D eigenvalue weighted by atomic mass is 79.9. The molecule has 1 amide bonds. The van der Waals surface area contributed by atoms with Crippen molar-refractivity contribution in [3.63, 3.8) is 0 Å². The van der Waals surface area contributed by atoms with E-state index in [-0.39, 0.29) is 5.91 Å². The largest absolute Gasteiger partial charge is 0.493 e. The maximum Gasteiger partial charge on any atom is 0.271 e. The zero-order chi connectivity index (χ0) is 25.2. The highest BCUT2D eigenvalue weighted by Crippen LogP contribution is 2.37. The summed E-state index contributed by atoms with van der Waals surface area (Å²) < 4.78 is 23.2. The van der Waals surface area contributed by atoms with Crippen molar-refractivity contribution in [3.8, 4) is 23.0 Å². The van der Waals surface area contributed by atoms with Gasteiger partial charge in [0.25, 0.3) is 5.91 Å². The fraction of sp³-hybridized carbons (Fsp3) is 0.231. The molecule has 0 aromatic heterocycles. The summed E-state index contributed by atoms with van der Waals surface area (Å²) in [6.45, 7) is 5.05. The standard InChI is InChI=1S/C26H26BrClN2O5/c1-4-33-22-10-9-19(14-23(22)32-3)26(31)30-29-15-18-12-21(27)25(24(13-18)34-5-2)35-16-17-7-6-8-20(28)11-17/h6-15H,4-5,16H2,1-3H3,(H,30,31)/b29-15+. The molecular weight excluding hydrogens is 536 g/mol. The van der Waals surface area contributed by atoms with E-state index in [1.54, 1.807) is 24.3 Å². The van der Waals surface area contributed by atoms with E-state index in [2.05, 4.69) is 26.5 Å². The van der Waals surface area contributed by atoms with E-state index >= 15 is 0 Å². The fourth-order valence-corrected chi connectivity index (χ4v) is 3.95. The Labute approximate surface area is 218 Å². The number of hydrazone groups is 1. The number of methoxy groups -OCH3 is 1. The number of carbonyl (C=O) groups excluding carboxylic acids is 1. The normalized spacial score (nSPS) is 10.8. The van der Waals surface area contributed by atoms with Gasteiger partial charge in [0, 0.05) is 10.6 Å². The molecule has 0 radical (unpaired) electrons. The molecule has 0 atom stereocenters. The van der Waals surface area contributed by atoms with E-state index in [1.807, 2.05) is 44.2 Å². The lowest BCUT2D eigenvalue weighted by Crippen LogP contribution is -2.17. The summed E-state index contributed by atoms with van der Waals surface area (Å²) in [5, 5.41) is 4.72. The number of nitrogens with one attached hydrogen (secondary N) is 1. The van der Waals surface area contributed by atoms with E-state index in [4.69, 9.17) is 30.5 Å². The van der Waals surface area contributed by atoms with Gasteiger partial charge in [0.15, 0.2) is 23.0 Å². The molecule has 3 aromatic carbocycles. The third-order valence-electron chi connectivity index (χ3n) is 4.71. The number of nitrogens with zero attached hydrogens (tertiary/aromatic N) is 1. The summed E-state index contributed by atoms with van der Waals surface area (Å²) in [6.07, 6.45) is 1.53. The van der Waals surface area contributed by atoms with Crippen LogP contribution in [0.15, 0.2) is 64.2 Å². The number of benzene rings is 3. The van der Waals surface area contributed by atoms with Gasteiger partial charge in [-0.15, -0.1) is 0 Å². The van der Waals surface area contributed by atoms with Crippen molar-refractivity contribution in [1.82, 2.24) is 5.43 Å². The molecule has 7 nitrogen and oxygen atoms in total. The molecule has 1 N–H and O–H groups in total. The number of ether oxygens (including phenoxy) is 4. The summed E-state index contributed by atoms with van der Waals surface area (Å²) in [5.74, 6) is 1.78. The molecule has 3 rings (SSSR count). The second-order valence-electron chi connectivity index (χ2n) is 7.18. The number of rotatable bonds is 11. The van der Waals surface area contributed by atoms with Crippen molar-refractivity contribution < 1.29 is 23.7 Å². The van der Waals surface area contributed by atoms with Crippen LogP contribution < -0.4 is 24.4 Å². The van der Waals surface area contributed by atoms with E-state index in [0.29, 0.717) is 63.4 Å². The van der Waals surface area contributed by atoms with E-state index in [1.165, 1.54) is 13.3 Å². The Morgan fingerprint density at radius 2 is 1.77 bits per heavy atom. The SMILES string of the molecule is CCOc1ccc(C(=O)N/N=C/c2cc(Br)c(OCc3cccc(Cl)c3)c(OCC)c2)cc1OC. The quantitative estimate of drug-likeness (QED) is 0.221. The molecule has 9 heteroatoms. The monoisotopic (exact) mass is 560 g/mol. The molecule has 0 aliphatic carbocycles. The zero-order valence-corrected chi connectivity index (χ0v) is 22.0. The lowest BCUT2D eigenvalue weighted by molar-refractivity contribution is 0.0954. The van der Waals surface area contributed by atoms with Gasteiger partial charge in [0.05, 0.1) is 31.0 Å². The molecule has 0 aliphatic rings. The van der Waals surface area contributed by atoms with Crippen LogP contribution in [0.1, 0.15) is 35.3 Å². The summed E-state index contributed by atoms with van der Waals surface area (Å²) >= 11 is 9.60. The minimum absolute atomic E-state index is 0.328. The Kier molecular flexibility index (Phi) is 9.81. The van der Waals surface area contributed by atoms with Gasteiger partial charge in [-0.1, -0.05) is 23.7 Å². The van der Waals surface area contributed by atoms with Crippen LogP contribution in [0.25, 0.3) is 0 Å². The molecule has 0 saturated heterocycles. The van der Waals surface area contributed by atoms with Gasteiger partial charge in [0.1, 0.15) is 6.61 Å². The van der Waals surface area contributed by atoms with Crippen LogP contribution in [0.3, 0.4) is 0 Å². The van der Waals surface area contributed by atoms with Crippen LogP contribution in [0.2, 0.25) is 5.02 Å². The lowest BCUT2D eigenvalue weighted by Gasteiger charge is -2.15. The third-order valence-corrected chi connectivity index (χ3v) is 5.53. The van der Waals surface area contributed by atoms with Gasteiger partial charge in [-0.25, -0.2) is 5.43 Å².